The third kappa shape index (κ3) is 3.40. The van der Waals surface area contributed by atoms with Gasteiger partial charge in [-0.2, -0.15) is 0 Å². The van der Waals surface area contributed by atoms with Crippen LogP contribution in [0.15, 0.2) is 48.8 Å². The SMILES string of the molecule is Cc1ccn2cc(C(=O)NCc3ccc(C4OCCO4)cc3)nc2c1. The number of benzene rings is 1. The summed E-state index contributed by atoms with van der Waals surface area (Å²) >= 11 is 0. The first-order valence-electron chi connectivity index (χ1n) is 8.25. The van der Waals surface area contributed by atoms with E-state index in [0.717, 1.165) is 22.3 Å². The highest BCUT2D eigenvalue weighted by molar-refractivity contribution is 5.92. The molecular formula is C19H19N3O3. The smallest absolute Gasteiger partial charge is 0.271 e. The molecule has 0 saturated carbocycles. The second-order valence-electron chi connectivity index (χ2n) is 6.09. The van der Waals surface area contributed by atoms with Crippen molar-refractivity contribution in [1.82, 2.24) is 14.7 Å². The van der Waals surface area contributed by atoms with Crippen molar-refractivity contribution in [2.75, 3.05) is 13.2 Å². The van der Waals surface area contributed by atoms with E-state index in [1.165, 1.54) is 0 Å². The Morgan fingerprint density at radius 2 is 2.00 bits per heavy atom. The maximum Gasteiger partial charge on any atom is 0.271 e. The summed E-state index contributed by atoms with van der Waals surface area (Å²) in [5.74, 6) is -0.187. The molecule has 4 rings (SSSR count). The Hall–Kier alpha value is -2.70. The molecule has 0 spiro atoms. The zero-order chi connectivity index (χ0) is 17.2. The van der Waals surface area contributed by atoms with Gasteiger partial charge >= 0.3 is 0 Å². The molecule has 0 aliphatic carbocycles. The molecule has 1 amide bonds. The molecule has 3 heterocycles. The molecular weight excluding hydrogens is 318 g/mol. The summed E-state index contributed by atoms with van der Waals surface area (Å²) in [5.41, 5.74) is 4.29. The number of ether oxygens (including phenoxy) is 2. The summed E-state index contributed by atoms with van der Waals surface area (Å²) < 4.78 is 12.8. The highest BCUT2D eigenvalue weighted by atomic mass is 16.7. The minimum atomic E-state index is -0.273. The summed E-state index contributed by atoms with van der Waals surface area (Å²) in [6.07, 6.45) is 3.37. The maximum atomic E-state index is 12.3. The summed E-state index contributed by atoms with van der Waals surface area (Å²) in [4.78, 5) is 16.7. The average Bonchev–Trinajstić information content (AvgIpc) is 3.29. The molecule has 1 aromatic carbocycles. The average molecular weight is 337 g/mol. The lowest BCUT2D eigenvalue weighted by Gasteiger charge is -2.10. The Morgan fingerprint density at radius 3 is 2.76 bits per heavy atom. The van der Waals surface area contributed by atoms with E-state index in [1.54, 1.807) is 6.20 Å². The zero-order valence-electron chi connectivity index (χ0n) is 13.9. The molecule has 3 aromatic rings. The van der Waals surface area contributed by atoms with Crippen LogP contribution in [0.5, 0.6) is 0 Å². The largest absolute Gasteiger partial charge is 0.347 e. The van der Waals surface area contributed by atoms with E-state index in [4.69, 9.17) is 9.47 Å². The number of aryl methyl sites for hydroxylation is 1. The lowest BCUT2D eigenvalue weighted by molar-refractivity contribution is -0.0441. The number of aromatic nitrogens is 2. The topological polar surface area (TPSA) is 64.9 Å². The minimum absolute atomic E-state index is 0.187. The van der Waals surface area contributed by atoms with Crippen LogP contribution in [0.2, 0.25) is 0 Å². The fraction of sp³-hybridized carbons (Fsp3) is 0.263. The van der Waals surface area contributed by atoms with Crippen LogP contribution in [-0.2, 0) is 16.0 Å². The van der Waals surface area contributed by atoms with Gasteiger partial charge in [0.25, 0.3) is 5.91 Å². The molecule has 0 radical (unpaired) electrons. The minimum Gasteiger partial charge on any atom is -0.347 e. The molecule has 6 nitrogen and oxygen atoms in total. The number of pyridine rings is 1. The predicted molar refractivity (Wildman–Crippen MR) is 92.2 cm³/mol. The number of rotatable bonds is 4. The molecule has 0 bridgehead atoms. The quantitative estimate of drug-likeness (QED) is 0.795. The summed E-state index contributed by atoms with van der Waals surface area (Å²) in [7, 11) is 0. The van der Waals surface area contributed by atoms with Gasteiger partial charge in [0.2, 0.25) is 0 Å². The van der Waals surface area contributed by atoms with Crippen molar-refractivity contribution < 1.29 is 14.3 Å². The molecule has 6 heteroatoms. The predicted octanol–water partition coefficient (Wildman–Crippen LogP) is 2.62. The fourth-order valence-corrected chi connectivity index (χ4v) is 2.81. The van der Waals surface area contributed by atoms with Gasteiger partial charge in [-0.1, -0.05) is 24.3 Å². The van der Waals surface area contributed by atoms with Crippen molar-refractivity contribution >= 4 is 11.6 Å². The van der Waals surface area contributed by atoms with E-state index in [-0.39, 0.29) is 12.2 Å². The van der Waals surface area contributed by atoms with E-state index in [0.29, 0.717) is 25.5 Å². The van der Waals surface area contributed by atoms with Crippen molar-refractivity contribution in [3.63, 3.8) is 0 Å². The van der Waals surface area contributed by atoms with Gasteiger partial charge in [0.15, 0.2) is 6.29 Å². The molecule has 1 fully saturated rings. The fourth-order valence-electron chi connectivity index (χ4n) is 2.81. The van der Waals surface area contributed by atoms with Crippen molar-refractivity contribution in [3.8, 4) is 0 Å². The van der Waals surface area contributed by atoms with Crippen molar-refractivity contribution in [2.45, 2.75) is 19.8 Å². The van der Waals surface area contributed by atoms with Gasteiger partial charge in [0.05, 0.1) is 13.2 Å². The molecule has 1 N–H and O–H groups in total. The molecule has 25 heavy (non-hydrogen) atoms. The number of imidazole rings is 1. The van der Waals surface area contributed by atoms with Crippen LogP contribution in [0, 0.1) is 6.92 Å². The molecule has 0 unspecified atom stereocenters. The zero-order valence-corrected chi connectivity index (χ0v) is 13.9. The van der Waals surface area contributed by atoms with Crippen molar-refractivity contribution in [3.05, 3.63) is 71.2 Å². The maximum absolute atomic E-state index is 12.3. The van der Waals surface area contributed by atoms with Gasteiger partial charge in [-0.15, -0.1) is 0 Å². The van der Waals surface area contributed by atoms with Gasteiger partial charge in [-0.05, 0) is 30.2 Å². The van der Waals surface area contributed by atoms with Crippen LogP contribution in [-0.4, -0.2) is 28.5 Å². The van der Waals surface area contributed by atoms with Crippen LogP contribution in [0.1, 0.15) is 33.5 Å². The first kappa shape index (κ1) is 15.8. The Bertz CT molecular complexity index is 896. The number of amides is 1. The summed E-state index contributed by atoms with van der Waals surface area (Å²) in [6.45, 7) is 3.69. The Balaban J connectivity index is 1.40. The Morgan fingerprint density at radius 1 is 1.24 bits per heavy atom. The molecule has 128 valence electrons. The number of hydrogen-bond acceptors (Lipinski definition) is 4. The van der Waals surface area contributed by atoms with E-state index < -0.39 is 0 Å². The number of nitrogens with one attached hydrogen (secondary N) is 1. The molecule has 1 aliphatic rings. The van der Waals surface area contributed by atoms with Gasteiger partial charge in [-0.25, -0.2) is 4.98 Å². The van der Waals surface area contributed by atoms with Crippen LogP contribution in [0.25, 0.3) is 5.65 Å². The third-order valence-electron chi connectivity index (χ3n) is 4.18. The number of hydrogen-bond donors (Lipinski definition) is 1. The van der Waals surface area contributed by atoms with E-state index >= 15 is 0 Å². The van der Waals surface area contributed by atoms with Crippen LogP contribution >= 0.6 is 0 Å². The number of carbonyl (C=O) groups excluding carboxylic acids is 1. The molecule has 1 aliphatic heterocycles. The number of nitrogens with zero attached hydrogens (tertiary/aromatic N) is 2. The van der Waals surface area contributed by atoms with Gasteiger partial charge in [0.1, 0.15) is 11.3 Å². The molecule has 1 saturated heterocycles. The first-order valence-corrected chi connectivity index (χ1v) is 8.25. The number of fused-ring (bicyclic) bond motifs is 1. The van der Waals surface area contributed by atoms with E-state index in [1.807, 2.05) is 53.9 Å². The van der Waals surface area contributed by atoms with Crippen LogP contribution in [0.3, 0.4) is 0 Å². The van der Waals surface area contributed by atoms with E-state index in [9.17, 15) is 4.79 Å². The van der Waals surface area contributed by atoms with Crippen molar-refractivity contribution in [1.29, 1.82) is 0 Å². The third-order valence-corrected chi connectivity index (χ3v) is 4.18. The van der Waals surface area contributed by atoms with Gasteiger partial charge in [0, 0.05) is 24.5 Å². The lowest BCUT2D eigenvalue weighted by atomic mass is 10.1. The lowest BCUT2D eigenvalue weighted by Crippen LogP contribution is -2.23. The molecule has 0 atom stereocenters. The van der Waals surface area contributed by atoms with E-state index in [2.05, 4.69) is 10.3 Å². The summed E-state index contributed by atoms with van der Waals surface area (Å²) in [6, 6.07) is 11.8. The Kier molecular flexibility index (Phi) is 4.21. The Labute approximate surface area is 145 Å². The monoisotopic (exact) mass is 337 g/mol. The second-order valence-corrected chi connectivity index (χ2v) is 6.09. The van der Waals surface area contributed by atoms with Crippen molar-refractivity contribution in [2.24, 2.45) is 0 Å². The standard InChI is InChI=1S/C19H19N3O3/c1-13-6-7-22-12-16(21-17(22)10-13)18(23)20-11-14-2-4-15(5-3-14)19-24-8-9-25-19/h2-7,10,12,19H,8-9,11H2,1H3,(H,20,23). The normalized spacial score (nSPS) is 14.9. The van der Waals surface area contributed by atoms with Gasteiger partial charge in [-0.3, -0.25) is 4.79 Å². The van der Waals surface area contributed by atoms with Gasteiger partial charge < -0.3 is 19.2 Å². The highest BCUT2D eigenvalue weighted by Crippen LogP contribution is 2.23. The van der Waals surface area contributed by atoms with Crippen LogP contribution < -0.4 is 5.32 Å². The summed E-state index contributed by atoms with van der Waals surface area (Å²) in [5, 5.41) is 2.90. The number of carbonyl (C=O) groups is 1. The first-order chi connectivity index (χ1) is 12.2. The molecule has 2 aromatic heterocycles. The van der Waals surface area contributed by atoms with Crippen LogP contribution in [0.4, 0.5) is 0 Å². The second kappa shape index (κ2) is 6.66. The highest BCUT2D eigenvalue weighted by Gasteiger charge is 2.17.